The van der Waals surface area contributed by atoms with E-state index in [1.807, 2.05) is 13.0 Å². The van der Waals surface area contributed by atoms with Gasteiger partial charge in [0.05, 0.1) is 28.6 Å². The summed E-state index contributed by atoms with van der Waals surface area (Å²) < 4.78 is 5.25. The minimum absolute atomic E-state index is 0.111. The van der Waals surface area contributed by atoms with Gasteiger partial charge in [-0.2, -0.15) is 0 Å². The highest BCUT2D eigenvalue weighted by Gasteiger charge is 2.10. The number of ether oxygens (including phenoxy) is 1. The molecule has 24 heavy (non-hydrogen) atoms. The summed E-state index contributed by atoms with van der Waals surface area (Å²) >= 11 is 19.4. The van der Waals surface area contributed by atoms with E-state index in [9.17, 15) is 4.79 Å². The zero-order valence-electron chi connectivity index (χ0n) is 13.2. The molecule has 1 N–H and O–H groups in total. The van der Waals surface area contributed by atoms with E-state index in [1.54, 1.807) is 24.3 Å². The average Bonchev–Trinajstić information content (AvgIpc) is 2.54. The first-order chi connectivity index (χ1) is 11.4. The second-order valence-electron chi connectivity index (χ2n) is 5.09. The Morgan fingerprint density at radius 3 is 2.54 bits per heavy atom. The molecule has 0 saturated carbocycles. The van der Waals surface area contributed by atoms with Crippen molar-refractivity contribution in [1.82, 2.24) is 0 Å². The van der Waals surface area contributed by atoms with Crippen LogP contribution in [0.15, 0.2) is 30.3 Å². The number of aryl methyl sites for hydroxylation is 1. The molecular weight excluding hydrogens is 389 g/mol. The second-order valence-corrected chi connectivity index (χ2v) is 7.30. The third-order valence-electron chi connectivity index (χ3n) is 3.24. The van der Waals surface area contributed by atoms with Crippen LogP contribution in [0.1, 0.15) is 11.1 Å². The third kappa shape index (κ3) is 5.21. The van der Waals surface area contributed by atoms with Gasteiger partial charge in [0.25, 0.3) is 0 Å². The SMILES string of the molecule is COc1cc(Cl)c(C)cc1NC(=O)CSCc1ccc(Cl)c(Cl)c1. The Morgan fingerprint density at radius 1 is 1.12 bits per heavy atom. The molecule has 0 aromatic heterocycles. The Kier molecular flexibility index (Phi) is 7.11. The van der Waals surface area contributed by atoms with Crippen LogP contribution in [-0.4, -0.2) is 18.8 Å². The predicted molar refractivity (Wildman–Crippen MR) is 104 cm³/mol. The van der Waals surface area contributed by atoms with Gasteiger partial charge in [0.15, 0.2) is 0 Å². The highest BCUT2D eigenvalue weighted by molar-refractivity contribution is 7.99. The van der Waals surface area contributed by atoms with Gasteiger partial charge in [-0.1, -0.05) is 40.9 Å². The van der Waals surface area contributed by atoms with Crippen LogP contribution in [0, 0.1) is 6.92 Å². The van der Waals surface area contributed by atoms with Crippen LogP contribution in [0.25, 0.3) is 0 Å². The number of nitrogens with one attached hydrogen (secondary N) is 1. The van der Waals surface area contributed by atoms with Crippen molar-refractivity contribution in [2.45, 2.75) is 12.7 Å². The number of hydrogen-bond acceptors (Lipinski definition) is 3. The maximum absolute atomic E-state index is 12.1. The molecule has 0 saturated heterocycles. The molecular formula is C17H16Cl3NO2S. The van der Waals surface area contributed by atoms with Crippen molar-refractivity contribution in [1.29, 1.82) is 0 Å². The average molecular weight is 405 g/mol. The molecule has 0 atom stereocenters. The number of carbonyl (C=O) groups excluding carboxylic acids is 1. The first-order valence-electron chi connectivity index (χ1n) is 7.06. The van der Waals surface area contributed by atoms with E-state index in [4.69, 9.17) is 39.5 Å². The highest BCUT2D eigenvalue weighted by atomic mass is 35.5. The largest absolute Gasteiger partial charge is 0.495 e. The molecule has 1 amide bonds. The van der Waals surface area contributed by atoms with Gasteiger partial charge in [0.1, 0.15) is 5.75 Å². The van der Waals surface area contributed by atoms with E-state index >= 15 is 0 Å². The fourth-order valence-electron chi connectivity index (χ4n) is 2.01. The van der Waals surface area contributed by atoms with Gasteiger partial charge in [0, 0.05) is 16.8 Å². The summed E-state index contributed by atoms with van der Waals surface area (Å²) in [6.07, 6.45) is 0. The molecule has 2 aromatic carbocycles. The number of methoxy groups -OCH3 is 1. The molecule has 2 aromatic rings. The molecule has 0 aliphatic carbocycles. The summed E-state index contributed by atoms with van der Waals surface area (Å²) in [4.78, 5) is 12.1. The lowest BCUT2D eigenvalue weighted by Crippen LogP contribution is -2.15. The van der Waals surface area contributed by atoms with Crippen molar-refractivity contribution < 1.29 is 9.53 Å². The lowest BCUT2D eigenvalue weighted by molar-refractivity contribution is -0.113. The highest BCUT2D eigenvalue weighted by Crippen LogP contribution is 2.31. The number of amides is 1. The lowest BCUT2D eigenvalue weighted by atomic mass is 10.2. The van der Waals surface area contributed by atoms with Crippen molar-refractivity contribution in [2.24, 2.45) is 0 Å². The van der Waals surface area contributed by atoms with E-state index < -0.39 is 0 Å². The number of halogens is 3. The summed E-state index contributed by atoms with van der Waals surface area (Å²) in [7, 11) is 1.54. The van der Waals surface area contributed by atoms with Crippen molar-refractivity contribution in [3.05, 3.63) is 56.5 Å². The van der Waals surface area contributed by atoms with Crippen LogP contribution in [0.2, 0.25) is 15.1 Å². The Hall–Kier alpha value is -1.07. The minimum Gasteiger partial charge on any atom is -0.495 e. The minimum atomic E-state index is -0.111. The molecule has 7 heteroatoms. The molecule has 0 unspecified atom stereocenters. The Bertz CT molecular complexity index is 753. The molecule has 3 nitrogen and oxygen atoms in total. The fourth-order valence-corrected chi connectivity index (χ4v) is 3.26. The van der Waals surface area contributed by atoms with Gasteiger partial charge in [-0.15, -0.1) is 11.8 Å². The van der Waals surface area contributed by atoms with E-state index in [2.05, 4.69) is 5.32 Å². The summed E-state index contributed by atoms with van der Waals surface area (Å²) in [6, 6.07) is 8.93. The Balaban J connectivity index is 1.91. The normalized spacial score (nSPS) is 10.5. The summed E-state index contributed by atoms with van der Waals surface area (Å²) in [5.74, 6) is 1.40. The maximum Gasteiger partial charge on any atom is 0.234 e. The molecule has 0 heterocycles. The van der Waals surface area contributed by atoms with Crippen LogP contribution in [-0.2, 0) is 10.5 Å². The standard InChI is InChI=1S/C17H16Cl3NO2S/c1-10-5-15(16(23-2)7-13(10)19)21-17(22)9-24-8-11-3-4-12(18)14(20)6-11/h3-7H,8-9H2,1-2H3,(H,21,22). The summed E-state index contributed by atoms with van der Waals surface area (Å²) in [5.41, 5.74) is 2.50. The van der Waals surface area contributed by atoms with Crippen LogP contribution >= 0.6 is 46.6 Å². The number of benzene rings is 2. The Morgan fingerprint density at radius 2 is 1.88 bits per heavy atom. The first-order valence-corrected chi connectivity index (χ1v) is 9.35. The van der Waals surface area contributed by atoms with Crippen LogP contribution < -0.4 is 10.1 Å². The molecule has 0 bridgehead atoms. The van der Waals surface area contributed by atoms with Gasteiger partial charge in [-0.3, -0.25) is 4.79 Å². The molecule has 0 aliphatic rings. The third-order valence-corrected chi connectivity index (χ3v) is 5.39. The monoisotopic (exact) mass is 403 g/mol. The van der Waals surface area contributed by atoms with Gasteiger partial charge in [-0.05, 0) is 36.2 Å². The quantitative estimate of drug-likeness (QED) is 0.657. The predicted octanol–water partition coefficient (Wildman–Crippen LogP) is 5.84. The molecule has 0 radical (unpaired) electrons. The number of carbonyl (C=O) groups is 1. The topological polar surface area (TPSA) is 38.3 Å². The van der Waals surface area contributed by atoms with Crippen molar-refractivity contribution in [3.8, 4) is 5.75 Å². The first kappa shape index (κ1) is 19.3. The zero-order valence-corrected chi connectivity index (χ0v) is 16.2. The van der Waals surface area contributed by atoms with E-state index in [-0.39, 0.29) is 5.91 Å². The molecule has 0 fully saturated rings. The van der Waals surface area contributed by atoms with E-state index in [1.165, 1.54) is 18.9 Å². The summed E-state index contributed by atoms with van der Waals surface area (Å²) in [5, 5.41) is 4.48. The van der Waals surface area contributed by atoms with Gasteiger partial charge in [0.2, 0.25) is 5.91 Å². The van der Waals surface area contributed by atoms with Crippen molar-refractivity contribution in [2.75, 3.05) is 18.2 Å². The van der Waals surface area contributed by atoms with Gasteiger partial charge >= 0.3 is 0 Å². The number of rotatable bonds is 6. The van der Waals surface area contributed by atoms with Gasteiger partial charge in [-0.25, -0.2) is 0 Å². The summed E-state index contributed by atoms with van der Waals surface area (Å²) in [6.45, 7) is 1.87. The molecule has 2 rings (SSSR count). The van der Waals surface area contributed by atoms with Crippen LogP contribution in [0.4, 0.5) is 5.69 Å². The van der Waals surface area contributed by atoms with Crippen molar-refractivity contribution in [3.63, 3.8) is 0 Å². The lowest BCUT2D eigenvalue weighted by Gasteiger charge is -2.12. The zero-order chi connectivity index (χ0) is 17.7. The van der Waals surface area contributed by atoms with Crippen LogP contribution in [0.5, 0.6) is 5.75 Å². The molecule has 0 aliphatic heterocycles. The van der Waals surface area contributed by atoms with Crippen LogP contribution in [0.3, 0.4) is 0 Å². The van der Waals surface area contributed by atoms with E-state index in [0.717, 1.165) is 11.1 Å². The fraction of sp³-hybridized carbons (Fsp3) is 0.235. The molecule has 0 spiro atoms. The molecule has 128 valence electrons. The number of anilines is 1. The second kappa shape index (κ2) is 8.86. The Labute approximate surface area is 160 Å². The number of hydrogen-bond donors (Lipinski definition) is 1. The van der Waals surface area contributed by atoms with Gasteiger partial charge < -0.3 is 10.1 Å². The van der Waals surface area contributed by atoms with Crippen molar-refractivity contribution >= 4 is 58.2 Å². The maximum atomic E-state index is 12.1. The number of thioether (sulfide) groups is 1. The smallest absolute Gasteiger partial charge is 0.234 e. The van der Waals surface area contributed by atoms with E-state index in [0.29, 0.717) is 38.0 Å².